The van der Waals surface area contributed by atoms with Gasteiger partial charge in [-0.1, -0.05) is 52.0 Å². The van der Waals surface area contributed by atoms with E-state index in [0.29, 0.717) is 52.1 Å². The molecule has 16 aromatic rings. The first-order valence-corrected chi connectivity index (χ1v) is 45.4. The standard InChI is InChI=1S/C88H72O4S12/c1-5-33-89-85-57-41-53(65-17-21-77(97-65)81-29-25-73(101-81)69-13-9-37-93-69)42-58(85)50-60-44-55(67-19-23-79(99-67)83-31-27-75(103-83)71-15-11-39-95-71)46-62(87(60)91-35-7-3)52-64-48-56(68-20-24-80(100-68)84-32-28-76(104-84)72-16-12-40-96-72)47-63(88(64)92-36-8-4)51-61-45-54(43-59(49-57)86(61)90-34-6-2)66-18-22-78(98-66)82-30-26-74(102-82)70-14-10-38-94-70/h9-32,37-48H,5-8,33-36,49-52H2,1-4H3. The van der Waals surface area contributed by atoms with Gasteiger partial charge in [-0.15, -0.1) is 136 Å². The summed E-state index contributed by atoms with van der Waals surface area (Å²) < 4.78 is 29.4. The molecule has 0 unspecified atom stereocenters. The van der Waals surface area contributed by atoms with Gasteiger partial charge in [0.05, 0.1) is 26.4 Å². The first-order chi connectivity index (χ1) is 51.3. The molecule has 17 rings (SSSR count). The lowest BCUT2D eigenvalue weighted by molar-refractivity contribution is 0.304. The molecule has 0 spiro atoms. The van der Waals surface area contributed by atoms with E-state index in [4.69, 9.17) is 18.9 Å². The van der Waals surface area contributed by atoms with Crippen molar-refractivity contribution in [2.24, 2.45) is 0 Å². The van der Waals surface area contributed by atoms with Crippen molar-refractivity contribution < 1.29 is 18.9 Å². The van der Waals surface area contributed by atoms with Crippen LogP contribution >= 0.6 is 136 Å². The lowest BCUT2D eigenvalue weighted by Gasteiger charge is -2.25. The van der Waals surface area contributed by atoms with Crippen LogP contribution in [0.4, 0.5) is 0 Å². The summed E-state index contributed by atoms with van der Waals surface area (Å²) >= 11 is 22.2. The van der Waals surface area contributed by atoms with Crippen molar-refractivity contribution in [2.45, 2.75) is 79.1 Å². The Morgan fingerprint density at radius 2 is 0.375 bits per heavy atom. The minimum atomic E-state index is 0.568. The van der Waals surface area contributed by atoms with E-state index in [-0.39, 0.29) is 0 Å². The third kappa shape index (κ3) is 14.8. The fourth-order valence-corrected chi connectivity index (χ4v) is 25.3. The summed E-state index contributed by atoms with van der Waals surface area (Å²) in [7, 11) is 0. The van der Waals surface area contributed by atoms with Crippen LogP contribution in [0.5, 0.6) is 23.0 Å². The van der Waals surface area contributed by atoms with Gasteiger partial charge in [-0.25, -0.2) is 0 Å². The Morgan fingerprint density at radius 1 is 0.212 bits per heavy atom. The highest BCUT2D eigenvalue weighted by Gasteiger charge is 2.28. The molecule has 4 nitrogen and oxygen atoms in total. The monoisotopic (exact) mass is 1580 g/mol. The van der Waals surface area contributed by atoms with Crippen LogP contribution in [-0.4, -0.2) is 26.4 Å². The normalized spacial score (nSPS) is 12.2. The largest absolute Gasteiger partial charge is 0.493 e. The highest BCUT2D eigenvalue weighted by Crippen LogP contribution is 2.51. The van der Waals surface area contributed by atoms with Gasteiger partial charge in [0, 0.05) is 123 Å². The summed E-state index contributed by atoms with van der Waals surface area (Å²) in [5.74, 6) is 3.73. The van der Waals surface area contributed by atoms with Crippen molar-refractivity contribution >= 4 is 136 Å². The highest BCUT2D eigenvalue weighted by molar-refractivity contribution is 7.29. The zero-order valence-electron chi connectivity index (χ0n) is 57.8. The smallest absolute Gasteiger partial charge is 0.126 e. The second-order valence-corrected chi connectivity index (χ2v) is 38.3. The number of hydrogen-bond donors (Lipinski definition) is 0. The van der Waals surface area contributed by atoms with Crippen LogP contribution in [-0.2, 0) is 25.7 Å². The fourth-order valence-electron chi connectivity index (χ4n) is 13.6. The maximum Gasteiger partial charge on any atom is 0.126 e. The molecule has 0 atom stereocenters. The lowest BCUT2D eigenvalue weighted by Crippen LogP contribution is -2.11. The maximum atomic E-state index is 7.35. The van der Waals surface area contributed by atoms with Gasteiger partial charge in [0.1, 0.15) is 23.0 Å². The molecule has 104 heavy (non-hydrogen) atoms. The minimum absolute atomic E-state index is 0.568. The van der Waals surface area contributed by atoms with Crippen LogP contribution in [0.15, 0.2) is 216 Å². The van der Waals surface area contributed by atoms with E-state index in [2.05, 4.69) is 243 Å². The van der Waals surface area contributed by atoms with Crippen molar-refractivity contribution in [3.63, 3.8) is 0 Å². The van der Waals surface area contributed by atoms with Gasteiger partial charge in [0.15, 0.2) is 0 Å². The number of benzene rings is 4. The molecule has 0 aliphatic heterocycles. The quantitative estimate of drug-likeness (QED) is 0.0604. The van der Waals surface area contributed by atoms with Crippen LogP contribution in [0, 0.1) is 0 Å². The third-order valence-electron chi connectivity index (χ3n) is 18.3. The summed E-state index contributed by atoms with van der Waals surface area (Å²) in [6.45, 7) is 11.2. The average molecular weight is 1580 g/mol. The van der Waals surface area contributed by atoms with Gasteiger partial charge in [0.25, 0.3) is 0 Å². The van der Waals surface area contributed by atoms with Gasteiger partial charge in [-0.2, -0.15) is 0 Å². The molecule has 0 radical (unpaired) electrons. The highest BCUT2D eigenvalue weighted by atomic mass is 32.1. The van der Waals surface area contributed by atoms with Crippen LogP contribution in [0.25, 0.3) is 120 Å². The molecule has 16 heteroatoms. The maximum absolute atomic E-state index is 7.35. The van der Waals surface area contributed by atoms with Crippen molar-refractivity contribution in [3.05, 3.63) is 260 Å². The zero-order chi connectivity index (χ0) is 70.0. The summed E-state index contributed by atoms with van der Waals surface area (Å²) in [4.78, 5) is 25.4. The van der Waals surface area contributed by atoms with Crippen LogP contribution in [0.2, 0.25) is 0 Å². The Morgan fingerprint density at radius 3 is 0.538 bits per heavy atom. The Labute approximate surface area is 656 Å². The van der Waals surface area contributed by atoms with Gasteiger partial charge in [-0.05, 0) is 284 Å². The molecular weight excluding hydrogens is 1510 g/mol. The molecule has 0 saturated carbocycles. The Bertz CT molecular complexity index is 4810. The summed E-state index contributed by atoms with van der Waals surface area (Å²) in [5, 5.41) is 8.67. The van der Waals surface area contributed by atoms with Crippen LogP contribution < -0.4 is 18.9 Å². The molecule has 0 fully saturated rings. The Balaban J connectivity index is 0.891. The molecule has 0 saturated heterocycles. The summed E-state index contributed by atoms with van der Waals surface area (Å²) in [5.41, 5.74) is 13.7. The predicted molar refractivity (Wildman–Crippen MR) is 460 cm³/mol. The topological polar surface area (TPSA) is 36.9 Å². The summed E-state index contributed by atoms with van der Waals surface area (Å²) in [6, 6.07) is 74.0. The average Bonchev–Trinajstić information content (AvgIpc) is 1.57. The zero-order valence-corrected chi connectivity index (χ0v) is 67.6. The first-order valence-electron chi connectivity index (χ1n) is 35.4. The second-order valence-electron chi connectivity index (χ2n) is 25.8. The van der Waals surface area contributed by atoms with Gasteiger partial charge < -0.3 is 18.9 Å². The van der Waals surface area contributed by atoms with Crippen LogP contribution in [0.1, 0.15) is 97.9 Å². The predicted octanol–water partition coefficient (Wildman–Crippen LogP) is 30.3. The molecule has 12 heterocycles. The SMILES string of the molecule is CCCOc1c2cc(-c3ccc(-c4ccc(-c5cccs5)s4)s3)cc1Cc1cc(-c3ccc(-c4ccc(-c5cccs5)s4)s3)cc(c1OCCC)Cc1cc(-c3ccc(-c4ccc(-c5cccs5)s4)s3)cc(c1OCCC)Cc1cc(-c3ccc(-c4ccc(-c5cccs5)s4)s3)cc(c1OCCC)C2. The lowest BCUT2D eigenvalue weighted by atomic mass is 9.88. The van der Waals surface area contributed by atoms with Crippen molar-refractivity contribution in [1.29, 1.82) is 0 Å². The van der Waals surface area contributed by atoms with E-state index in [1.54, 1.807) is 45.3 Å². The number of thiophene rings is 12. The molecule has 0 N–H and O–H groups in total. The number of ether oxygens (including phenoxy) is 4. The third-order valence-corrected chi connectivity index (χ3v) is 32.2. The van der Waals surface area contributed by atoms with Gasteiger partial charge >= 0.3 is 0 Å². The molecular formula is C88H72O4S12. The van der Waals surface area contributed by atoms with Crippen LogP contribution in [0.3, 0.4) is 0 Å². The fraction of sp³-hybridized carbons (Fsp3) is 0.182. The first kappa shape index (κ1) is 69.5. The minimum Gasteiger partial charge on any atom is -0.493 e. The van der Waals surface area contributed by atoms with E-state index >= 15 is 0 Å². The second kappa shape index (κ2) is 31.5. The molecule has 4 aromatic carbocycles. The van der Waals surface area contributed by atoms with E-state index in [1.807, 2.05) is 90.7 Å². The van der Waals surface area contributed by atoms with Gasteiger partial charge in [-0.3, -0.25) is 0 Å². The van der Waals surface area contributed by atoms with E-state index in [9.17, 15) is 0 Å². The Hall–Kier alpha value is -7.52. The Kier molecular flexibility index (Phi) is 21.1. The molecule has 1 aliphatic carbocycles. The van der Waals surface area contributed by atoms with E-state index in [1.165, 1.54) is 120 Å². The summed E-state index contributed by atoms with van der Waals surface area (Å²) in [6.07, 6.45) is 5.71. The molecule has 1 aliphatic rings. The van der Waals surface area contributed by atoms with Crippen molar-refractivity contribution in [1.82, 2.24) is 0 Å². The van der Waals surface area contributed by atoms with Crippen molar-refractivity contribution in [3.8, 4) is 143 Å². The number of fused-ring (bicyclic) bond motifs is 8. The number of rotatable bonds is 24. The molecule has 8 bridgehead atoms. The molecule has 0 amide bonds. The van der Waals surface area contributed by atoms with Crippen molar-refractivity contribution in [2.75, 3.05) is 26.4 Å². The van der Waals surface area contributed by atoms with Gasteiger partial charge in [0.2, 0.25) is 0 Å². The van der Waals surface area contributed by atoms with E-state index in [0.717, 1.165) is 93.2 Å². The molecule has 12 aromatic heterocycles. The number of hydrogen-bond acceptors (Lipinski definition) is 16. The molecule has 520 valence electrons. The van der Waals surface area contributed by atoms with E-state index < -0.39 is 0 Å².